The van der Waals surface area contributed by atoms with Gasteiger partial charge in [-0.1, -0.05) is 41.7 Å². The number of nitrogens with zero attached hydrogens (tertiary/aromatic N) is 2. The van der Waals surface area contributed by atoms with Crippen molar-refractivity contribution in [3.63, 3.8) is 0 Å². The molecule has 0 radical (unpaired) electrons. The number of anilines is 1. The number of rotatable bonds is 6. The number of nitrogens with two attached hydrogens (primary N) is 1. The van der Waals surface area contributed by atoms with Crippen LogP contribution in [0.3, 0.4) is 0 Å². The Labute approximate surface area is 146 Å². The summed E-state index contributed by atoms with van der Waals surface area (Å²) in [4.78, 5) is 12.3. The molecule has 2 aromatic carbocycles. The average molecular weight is 361 g/mol. The second-order valence-electron chi connectivity index (χ2n) is 5.10. The number of hydrogen-bond donors (Lipinski definition) is 1. The third-order valence-corrected chi connectivity index (χ3v) is 4.32. The minimum absolute atomic E-state index is 0.0200. The number of Topliss-reactive ketones (excluding diaryl/α,β-unsaturated/α-hetero) is 1. The Morgan fingerprint density at radius 2 is 1.92 bits per heavy atom. The minimum Gasteiger partial charge on any atom is -0.433 e. The molecule has 3 rings (SSSR count). The lowest BCUT2D eigenvalue weighted by molar-refractivity contribution is -0.0493. The van der Waals surface area contributed by atoms with Crippen molar-refractivity contribution >= 4 is 22.8 Å². The van der Waals surface area contributed by atoms with Crippen LogP contribution in [0.2, 0.25) is 0 Å². The molecule has 8 heteroatoms. The van der Waals surface area contributed by atoms with Crippen molar-refractivity contribution in [1.82, 2.24) is 10.2 Å². The first kappa shape index (κ1) is 17.0. The first-order valence-electron chi connectivity index (χ1n) is 7.28. The summed E-state index contributed by atoms with van der Waals surface area (Å²) in [5.41, 5.74) is 6.85. The number of aromatic nitrogens is 2. The van der Waals surface area contributed by atoms with Crippen LogP contribution >= 0.6 is 11.3 Å². The van der Waals surface area contributed by atoms with Crippen LogP contribution in [0.25, 0.3) is 10.6 Å². The van der Waals surface area contributed by atoms with Crippen molar-refractivity contribution in [3.8, 4) is 16.3 Å². The van der Waals surface area contributed by atoms with E-state index in [0.29, 0.717) is 10.6 Å². The topological polar surface area (TPSA) is 78.1 Å². The first-order valence-corrected chi connectivity index (χ1v) is 8.10. The van der Waals surface area contributed by atoms with Crippen molar-refractivity contribution in [2.24, 2.45) is 0 Å². The van der Waals surface area contributed by atoms with E-state index in [4.69, 9.17) is 5.73 Å². The highest BCUT2D eigenvalue weighted by molar-refractivity contribution is 7.14. The van der Waals surface area contributed by atoms with Gasteiger partial charge in [0.05, 0.1) is 12.1 Å². The van der Waals surface area contributed by atoms with Gasteiger partial charge in [-0.25, -0.2) is 0 Å². The maximum absolute atomic E-state index is 12.3. The van der Waals surface area contributed by atoms with E-state index in [1.807, 2.05) is 30.3 Å². The van der Waals surface area contributed by atoms with Crippen molar-refractivity contribution < 1.29 is 18.3 Å². The van der Waals surface area contributed by atoms with E-state index in [0.717, 1.165) is 10.6 Å². The van der Waals surface area contributed by atoms with Gasteiger partial charge in [0.15, 0.2) is 5.78 Å². The second kappa shape index (κ2) is 7.35. The van der Waals surface area contributed by atoms with Crippen LogP contribution < -0.4 is 10.5 Å². The van der Waals surface area contributed by atoms with Crippen LogP contribution in [0.5, 0.6) is 5.75 Å². The minimum atomic E-state index is -2.97. The maximum Gasteiger partial charge on any atom is 0.387 e. The SMILES string of the molecule is Nc1cc(C(=O)Cc2nnc(-c3ccccc3)s2)ccc1OC(F)F. The van der Waals surface area contributed by atoms with E-state index in [-0.39, 0.29) is 23.6 Å². The molecule has 0 bridgehead atoms. The molecule has 0 unspecified atom stereocenters. The summed E-state index contributed by atoms with van der Waals surface area (Å²) in [6.07, 6.45) is 0.0546. The van der Waals surface area contributed by atoms with Gasteiger partial charge in [0, 0.05) is 11.1 Å². The van der Waals surface area contributed by atoms with Gasteiger partial charge >= 0.3 is 6.61 Å². The Bertz CT molecular complexity index is 885. The molecule has 128 valence electrons. The standard InChI is InChI=1S/C17H13F2N3O2S/c18-17(19)24-14-7-6-11(8-12(14)20)13(23)9-15-21-22-16(25-15)10-4-2-1-3-5-10/h1-8,17H,9,20H2. The lowest BCUT2D eigenvalue weighted by atomic mass is 10.1. The van der Waals surface area contributed by atoms with Gasteiger partial charge in [0.25, 0.3) is 0 Å². The number of alkyl halides is 2. The number of carbonyl (C=O) groups excluding carboxylic acids is 1. The van der Waals surface area contributed by atoms with Crippen molar-refractivity contribution in [3.05, 3.63) is 59.1 Å². The Kier molecular flexibility index (Phi) is 4.99. The van der Waals surface area contributed by atoms with Crippen molar-refractivity contribution in [2.75, 3.05) is 5.73 Å². The van der Waals surface area contributed by atoms with E-state index in [2.05, 4.69) is 14.9 Å². The summed E-state index contributed by atoms with van der Waals surface area (Å²) in [6, 6.07) is 13.5. The van der Waals surface area contributed by atoms with Crippen LogP contribution in [0.4, 0.5) is 14.5 Å². The molecule has 1 heterocycles. The molecule has 0 aliphatic carbocycles. The predicted octanol–water partition coefficient (Wildman–Crippen LogP) is 3.81. The molecule has 5 nitrogen and oxygen atoms in total. The zero-order chi connectivity index (χ0) is 17.8. The molecule has 0 saturated carbocycles. The Hall–Kier alpha value is -2.87. The molecular weight excluding hydrogens is 348 g/mol. The fraction of sp³-hybridized carbons (Fsp3) is 0.118. The van der Waals surface area contributed by atoms with E-state index in [1.165, 1.54) is 29.5 Å². The lowest BCUT2D eigenvalue weighted by Gasteiger charge is -2.08. The Morgan fingerprint density at radius 1 is 1.16 bits per heavy atom. The quantitative estimate of drug-likeness (QED) is 0.533. The zero-order valence-corrected chi connectivity index (χ0v) is 13.7. The molecule has 3 aromatic rings. The number of carbonyl (C=O) groups is 1. The fourth-order valence-electron chi connectivity index (χ4n) is 2.19. The van der Waals surface area contributed by atoms with Crippen LogP contribution in [0, 0.1) is 0 Å². The number of benzene rings is 2. The third kappa shape index (κ3) is 4.16. The molecule has 2 N–H and O–H groups in total. The molecule has 25 heavy (non-hydrogen) atoms. The van der Waals surface area contributed by atoms with E-state index in [9.17, 15) is 13.6 Å². The Morgan fingerprint density at radius 3 is 2.60 bits per heavy atom. The number of hydrogen-bond acceptors (Lipinski definition) is 6. The smallest absolute Gasteiger partial charge is 0.387 e. The van der Waals surface area contributed by atoms with E-state index < -0.39 is 6.61 Å². The molecule has 0 fully saturated rings. The number of ketones is 1. The van der Waals surface area contributed by atoms with E-state index in [1.54, 1.807) is 0 Å². The number of nitrogen functional groups attached to an aromatic ring is 1. The van der Waals surface area contributed by atoms with Crippen LogP contribution in [0.15, 0.2) is 48.5 Å². The highest BCUT2D eigenvalue weighted by atomic mass is 32.1. The van der Waals surface area contributed by atoms with Gasteiger partial charge in [-0.3, -0.25) is 4.79 Å². The van der Waals surface area contributed by atoms with Gasteiger partial charge in [-0.15, -0.1) is 10.2 Å². The zero-order valence-electron chi connectivity index (χ0n) is 12.9. The van der Waals surface area contributed by atoms with Gasteiger partial charge in [-0.05, 0) is 18.2 Å². The predicted molar refractivity (Wildman–Crippen MR) is 90.9 cm³/mol. The number of ether oxygens (including phenoxy) is 1. The molecule has 0 amide bonds. The fourth-order valence-corrected chi connectivity index (χ4v) is 3.03. The molecule has 0 aliphatic rings. The summed E-state index contributed by atoms with van der Waals surface area (Å²) in [5.74, 6) is -0.389. The average Bonchev–Trinajstić information content (AvgIpc) is 3.05. The van der Waals surface area contributed by atoms with E-state index >= 15 is 0 Å². The third-order valence-electron chi connectivity index (χ3n) is 3.35. The highest BCUT2D eigenvalue weighted by Gasteiger charge is 2.15. The van der Waals surface area contributed by atoms with Crippen LogP contribution in [-0.4, -0.2) is 22.6 Å². The van der Waals surface area contributed by atoms with Gasteiger partial charge in [-0.2, -0.15) is 8.78 Å². The summed E-state index contributed by atoms with van der Waals surface area (Å²) in [5, 5.41) is 9.41. The van der Waals surface area contributed by atoms with Crippen molar-refractivity contribution in [1.29, 1.82) is 0 Å². The monoisotopic (exact) mass is 361 g/mol. The number of halogens is 2. The summed E-state index contributed by atoms with van der Waals surface area (Å²) >= 11 is 1.33. The second-order valence-corrected chi connectivity index (χ2v) is 6.16. The van der Waals surface area contributed by atoms with Gasteiger partial charge in [0.2, 0.25) is 0 Å². The summed E-state index contributed by atoms with van der Waals surface area (Å²) in [6.45, 7) is -2.97. The normalized spacial score (nSPS) is 10.8. The molecule has 0 atom stereocenters. The van der Waals surface area contributed by atoms with Crippen molar-refractivity contribution in [2.45, 2.75) is 13.0 Å². The van der Waals surface area contributed by atoms with Crippen LogP contribution in [-0.2, 0) is 6.42 Å². The van der Waals surface area contributed by atoms with Crippen LogP contribution in [0.1, 0.15) is 15.4 Å². The maximum atomic E-state index is 12.3. The highest BCUT2D eigenvalue weighted by Crippen LogP contribution is 2.26. The molecule has 0 spiro atoms. The summed E-state index contributed by atoms with van der Waals surface area (Å²) < 4.78 is 28.7. The molecular formula is C17H13F2N3O2S. The molecule has 0 saturated heterocycles. The molecule has 1 aromatic heterocycles. The van der Waals surface area contributed by atoms with Gasteiger partial charge < -0.3 is 10.5 Å². The molecule has 0 aliphatic heterocycles. The van der Waals surface area contributed by atoms with Gasteiger partial charge in [0.1, 0.15) is 15.8 Å². The Balaban J connectivity index is 1.72. The summed E-state index contributed by atoms with van der Waals surface area (Å²) in [7, 11) is 0. The largest absolute Gasteiger partial charge is 0.433 e. The lowest BCUT2D eigenvalue weighted by Crippen LogP contribution is -2.07. The first-order chi connectivity index (χ1) is 12.0.